The van der Waals surface area contributed by atoms with Crippen molar-refractivity contribution in [3.05, 3.63) is 34.9 Å². The van der Waals surface area contributed by atoms with Crippen LogP contribution in [0.1, 0.15) is 50.5 Å². The molecule has 4 rings (SSSR count). The third kappa shape index (κ3) is 3.96. The molecule has 3 saturated heterocycles. The lowest BCUT2D eigenvalue weighted by Gasteiger charge is -2.57. The van der Waals surface area contributed by atoms with Crippen molar-refractivity contribution in [2.45, 2.75) is 63.6 Å². The zero-order valence-corrected chi connectivity index (χ0v) is 16.6. The van der Waals surface area contributed by atoms with Gasteiger partial charge in [-0.1, -0.05) is 23.7 Å². The van der Waals surface area contributed by atoms with Crippen LogP contribution in [0.5, 0.6) is 0 Å². The minimum atomic E-state index is 0.326. The van der Waals surface area contributed by atoms with E-state index in [1.54, 1.807) is 0 Å². The molecule has 4 atom stereocenters. The first kappa shape index (κ1) is 18.7. The maximum Gasteiger partial charge on any atom is 0.0431 e. The van der Waals surface area contributed by atoms with Crippen LogP contribution < -0.4 is 0 Å². The molecule has 0 aliphatic carbocycles. The zero-order chi connectivity index (χ0) is 17.9. The molecule has 4 heteroatoms. The monoisotopic (exact) mass is 376 g/mol. The van der Waals surface area contributed by atoms with E-state index in [1.165, 1.54) is 57.3 Å². The maximum absolute atomic E-state index is 9.25. The van der Waals surface area contributed by atoms with Crippen molar-refractivity contribution in [3.63, 3.8) is 0 Å². The van der Waals surface area contributed by atoms with Gasteiger partial charge in [-0.3, -0.25) is 9.80 Å². The molecule has 144 valence electrons. The third-order valence-electron chi connectivity index (χ3n) is 6.99. The smallest absolute Gasteiger partial charge is 0.0431 e. The molecule has 0 unspecified atom stereocenters. The van der Waals surface area contributed by atoms with Crippen molar-refractivity contribution < 1.29 is 5.11 Å². The molecule has 1 aromatic carbocycles. The van der Waals surface area contributed by atoms with Crippen LogP contribution >= 0.6 is 11.6 Å². The topological polar surface area (TPSA) is 26.7 Å². The van der Waals surface area contributed by atoms with Crippen LogP contribution in [0.15, 0.2) is 24.3 Å². The summed E-state index contributed by atoms with van der Waals surface area (Å²) in [6.07, 6.45) is 8.84. The van der Waals surface area contributed by atoms with Gasteiger partial charge >= 0.3 is 0 Å². The number of unbranched alkanes of at least 4 members (excludes halogenated alkanes) is 1. The van der Waals surface area contributed by atoms with Crippen LogP contribution in [0.25, 0.3) is 0 Å². The first-order valence-corrected chi connectivity index (χ1v) is 11.0. The van der Waals surface area contributed by atoms with Gasteiger partial charge in [-0.05, 0) is 87.6 Å². The number of benzene rings is 1. The molecular weight excluding hydrogens is 344 g/mol. The quantitative estimate of drug-likeness (QED) is 0.754. The summed E-state index contributed by atoms with van der Waals surface area (Å²) in [6, 6.07) is 9.90. The van der Waals surface area contributed by atoms with Crippen molar-refractivity contribution in [1.29, 1.82) is 0 Å². The molecule has 3 heterocycles. The fourth-order valence-corrected chi connectivity index (χ4v) is 6.08. The van der Waals surface area contributed by atoms with Crippen LogP contribution in [0, 0.1) is 11.8 Å². The number of hydrogen-bond acceptors (Lipinski definition) is 3. The number of likely N-dealkylation sites (tertiary alicyclic amines) is 1. The highest BCUT2D eigenvalue weighted by Gasteiger charge is 2.47. The molecule has 0 amide bonds. The van der Waals surface area contributed by atoms with Crippen molar-refractivity contribution in [2.24, 2.45) is 11.8 Å². The highest BCUT2D eigenvalue weighted by Crippen LogP contribution is 2.43. The van der Waals surface area contributed by atoms with Crippen molar-refractivity contribution in [1.82, 2.24) is 9.80 Å². The van der Waals surface area contributed by atoms with Crippen LogP contribution in [0.2, 0.25) is 5.02 Å². The van der Waals surface area contributed by atoms with Gasteiger partial charge in [0.2, 0.25) is 0 Å². The summed E-state index contributed by atoms with van der Waals surface area (Å²) in [5.74, 6) is 1.66. The zero-order valence-electron chi connectivity index (χ0n) is 15.8. The first-order chi connectivity index (χ1) is 12.8. The molecule has 3 nitrogen and oxygen atoms in total. The lowest BCUT2D eigenvalue weighted by atomic mass is 9.69. The van der Waals surface area contributed by atoms with E-state index in [1.807, 2.05) is 12.1 Å². The van der Waals surface area contributed by atoms with E-state index >= 15 is 0 Å². The summed E-state index contributed by atoms with van der Waals surface area (Å²) in [6.45, 7) is 5.24. The average molecular weight is 377 g/mol. The van der Waals surface area contributed by atoms with Crippen LogP contribution in [-0.4, -0.2) is 53.2 Å². The van der Waals surface area contributed by atoms with Crippen molar-refractivity contribution in [2.75, 3.05) is 26.2 Å². The van der Waals surface area contributed by atoms with Gasteiger partial charge in [0, 0.05) is 36.8 Å². The Morgan fingerprint density at radius 1 is 1.04 bits per heavy atom. The minimum absolute atomic E-state index is 0.326. The van der Waals surface area contributed by atoms with Gasteiger partial charge in [0.05, 0.1) is 0 Å². The maximum atomic E-state index is 9.25. The van der Waals surface area contributed by atoms with Crippen molar-refractivity contribution in [3.8, 4) is 0 Å². The van der Waals surface area contributed by atoms with E-state index in [0.29, 0.717) is 12.6 Å². The second kappa shape index (κ2) is 8.60. The molecule has 1 aromatic rings. The molecule has 26 heavy (non-hydrogen) atoms. The van der Waals surface area contributed by atoms with Gasteiger partial charge in [-0.2, -0.15) is 0 Å². The Balaban J connectivity index is 1.54. The lowest BCUT2D eigenvalue weighted by molar-refractivity contribution is -0.0812. The molecule has 0 aromatic heterocycles. The Hall–Kier alpha value is -0.610. The van der Waals surface area contributed by atoms with Gasteiger partial charge in [0.15, 0.2) is 0 Å². The fourth-order valence-electron chi connectivity index (χ4n) is 5.95. The van der Waals surface area contributed by atoms with E-state index in [9.17, 15) is 5.11 Å². The Morgan fingerprint density at radius 3 is 2.58 bits per heavy atom. The minimum Gasteiger partial charge on any atom is -0.396 e. The summed E-state index contributed by atoms with van der Waals surface area (Å²) in [5.41, 5.74) is 1.38. The first-order valence-electron chi connectivity index (χ1n) is 10.6. The normalized spacial score (nSPS) is 32.4. The van der Waals surface area contributed by atoms with E-state index < -0.39 is 0 Å². The third-order valence-corrected chi connectivity index (χ3v) is 7.24. The molecule has 3 aliphatic heterocycles. The summed E-state index contributed by atoms with van der Waals surface area (Å²) in [5, 5.41) is 10.1. The van der Waals surface area contributed by atoms with E-state index in [-0.39, 0.29) is 0 Å². The number of rotatable bonds is 6. The van der Waals surface area contributed by atoms with Gasteiger partial charge < -0.3 is 5.11 Å². The Morgan fingerprint density at radius 2 is 1.81 bits per heavy atom. The summed E-state index contributed by atoms with van der Waals surface area (Å²) >= 11 is 6.09. The van der Waals surface area contributed by atoms with Crippen molar-refractivity contribution >= 4 is 11.6 Å². The molecule has 0 radical (unpaired) electrons. The molecular formula is C22H33ClN2O. The number of hydrogen-bond donors (Lipinski definition) is 1. The predicted octanol–water partition coefficient (Wildman–Crippen LogP) is 4.18. The molecule has 1 N–H and O–H groups in total. The number of aliphatic hydroxyl groups is 1. The summed E-state index contributed by atoms with van der Waals surface area (Å²) in [4.78, 5) is 5.60. The highest BCUT2D eigenvalue weighted by molar-refractivity contribution is 6.30. The fraction of sp³-hybridized carbons (Fsp3) is 0.727. The highest BCUT2D eigenvalue weighted by atomic mass is 35.5. The van der Waals surface area contributed by atoms with Gasteiger partial charge in [0.25, 0.3) is 0 Å². The van der Waals surface area contributed by atoms with E-state index in [2.05, 4.69) is 21.9 Å². The SMILES string of the molecule is OCCCC[C@@H]1[C@H]2CCCN3CCC[C@H](CN1Cc1ccc(Cl)cc1)[C@@H]23. The Kier molecular flexibility index (Phi) is 6.20. The number of aliphatic hydroxyl groups excluding tert-OH is 1. The predicted molar refractivity (Wildman–Crippen MR) is 107 cm³/mol. The van der Waals surface area contributed by atoms with Crippen LogP contribution in [0.4, 0.5) is 0 Å². The summed E-state index contributed by atoms with van der Waals surface area (Å²) < 4.78 is 0. The Labute approximate surface area is 163 Å². The number of piperidine rings is 3. The molecule has 3 fully saturated rings. The largest absolute Gasteiger partial charge is 0.396 e. The van der Waals surface area contributed by atoms with Gasteiger partial charge in [0.1, 0.15) is 0 Å². The molecule has 3 aliphatic rings. The summed E-state index contributed by atoms with van der Waals surface area (Å²) in [7, 11) is 0. The Bertz CT molecular complexity index is 576. The van der Waals surface area contributed by atoms with E-state index in [0.717, 1.165) is 42.3 Å². The van der Waals surface area contributed by atoms with Gasteiger partial charge in [-0.25, -0.2) is 0 Å². The lowest BCUT2D eigenvalue weighted by Crippen LogP contribution is -2.64. The number of halogens is 1. The van der Waals surface area contributed by atoms with Crippen LogP contribution in [-0.2, 0) is 6.54 Å². The average Bonchev–Trinajstić information content (AvgIpc) is 2.66. The molecule has 0 spiro atoms. The second-order valence-electron chi connectivity index (χ2n) is 8.58. The molecule has 0 saturated carbocycles. The van der Waals surface area contributed by atoms with E-state index in [4.69, 9.17) is 11.6 Å². The second-order valence-corrected chi connectivity index (χ2v) is 9.01. The number of nitrogens with zero attached hydrogens (tertiary/aromatic N) is 2. The van der Waals surface area contributed by atoms with Gasteiger partial charge in [-0.15, -0.1) is 0 Å². The molecule has 0 bridgehead atoms. The van der Waals surface area contributed by atoms with Crippen LogP contribution in [0.3, 0.4) is 0 Å². The standard InChI is InChI=1S/C22H33ClN2O/c23-19-10-8-17(9-11-19)15-25-16-18-5-3-12-24-13-4-6-20(22(18)24)21(25)7-1-2-14-26/h8-11,18,20-22,26H,1-7,12-16H2/t18-,20-,21-,22+/m1/s1.